The van der Waals surface area contributed by atoms with Gasteiger partial charge in [0, 0.05) is 56.0 Å². The molecule has 11 aromatic rings. The normalized spacial score (nSPS) is 12.7. The van der Waals surface area contributed by atoms with Crippen molar-refractivity contribution in [3.63, 3.8) is 0 Å². The van der Waals surface area contributed by atoms with Crippen molar-refractivity contribution in [2.75, 3.05) is 4.90 Å². The molecule has 0 spiro atoms. The number of fused-ring (bicyclic) bond motifs is 7. The summed E-state index contributed by atoms with van der Waals surface area (Å²) in [6.07, 6.45) is 0. The van der Waals surface area contributed by atoms with Crippen LogP contribution in [-0.4, -0.2) is 15.0 Å². The highest BCUT2D eigenvalue weighted by atomic mass is 16.3. The van der Waals surface area contributed by atoms with Gasteiger partial charge in [-0.25, -0.2) is 15.0 Å². The summed E-state index contributed by atoms with van der Waals surface area (Å²) in [7, 11) is 0. The molecule has 0 unspecified atom stereocenters. The van der Waals surface area contributed by atoms with Gasteiger partial charge in [0.15, 0.2) is 17.5 Å². The molecule has 298 valence electrons. The van der Waals surface area contributed by atoms with E-state index in [2.05, 4.69) is 176 Å². The summed E-state index contributed by atoms with van der Waals surface area (Å²) in [4.78, 5) is 17.8. The molecule has 9 aromatic carbocycles. The minimum Gasteiger partial charge on any atom is -0.456 e. The van der Waals surface area contributed by atoms with Crippen LogP contribution in [-0.2, 0) is 5.41 Å². The van der Waals surface area contributed by atoms with Crippen molar-refractivity contribution >= 4 is 49.8 Å². The summed E-state index contributed by atoms with van der Waals surface area (Å²) in [5, 5.41) is 4.33. The molecule has 0 saturated carbocycles. The molecular formula is C58H40N4O. The first-order valence-corrected chi connectivity index (χ1v) is 21.4. The molecule has 5 nitrogen and oxygen atoms in total. The second-order valence-corrected chi connectivity index (χ2v) is 16.8. The number of hydrogen-bond donors (Lipinski definition) is 0. The third-order valence-corrected chi connectivity index (χ3v) is 12.7. The summed E-state index contributed by atoms with van der Waals surface area (Å²) in [6, 6.07) is 72.6. The maximum absolute atomic E-state index is 6.79. The Balaban J connectivity index is 1.02. The Morgan fingerprint density at radius 2 is 0.968 bits per heavy atom. The Morgan fingerprint density at radius 3 is 1.81 bits per heavy atom. The molecular weight excluding hydrogens is 769 g/mol. The van der Waals surface area contributed by atoms with E-state index in [4.69, 9.17) is 19.4 Å². The highest BCUT2D eigenvalue weighted by Gasteiger charge is 2.36. The van der Waals surface area contributed by atoms with E-state index in [-0.39, 0.29) is 5.41 Å². The molecule has 1 aliphatic carbocycles. The van der Waals surface area contributed by atoms with Gasteiger partial charge >= 0.3 is 0 Å². The van der Waals surface area contributed by atoms with Gasteiger partial charge in [0.25, 0.3) is 0 Å². The zero-order valence-corrected chi connectivity index (χ0v) is 34.8. The second-order valence-electron chi connectivity index (χ2n) is 16.8. The van der Waals surface area contributed by atoms with Crippen molar-refractivity contribution in [2.45, 2.75) is 19.3 Å². The molecule has 63 heavy (non-hydrogen) atoms. The fourth-order valence-corrected chi connectivity index (χ4v) is 9.54. The van der Waals surface area contributed by atoms with E-state index < -0.39 is 0 Å². The van der Waals surface area contributed by atoms with Gasteiger partial charge in [0.05, 0.1) is 0 Å². The molecule has 0 atom stereocenters. The Kier molecular flexibility index (Phi) is 8.44. The predicted molar refractivity (Wildman–Crippen MR) is 259 cm³/mol. The van der Waals surface area contributed by atoms with E-state index in [0.717, 1.165) is 66.8 Å². The monoisotopic (exact) mass is 808 g/mol. The molecule has 1 aliphatic rings. The Labute approximate surface area is 365 Å². The summed E-state index contributed by atoms with van der Waals surface area (Å²) < 4.78 is 6.79. The lowest BCUT2D eigenvalue weighted by atomic mass is 9.82. The third kappa shape index (κ3) is 6.20. The lowest BCUT2D eigenvalue weighted by molar-refractivity contribution is 0.660. The summed E-state index contributed by atoms with van der Waals surface area (Å²) >= 11 is 0. The smallest absolute Gasteiger partial charge is 0.164 e. The van der Waals surface area contributed by atoms with Crippen LogP contribution in [0.1, 0.15) is 25.0 Å². The van der Waals surface area contributed by atoms with Gasteiger partial charge in [-0.3, -0.25) is 0 Å². The Morgan fingerprint density at radius 1 is 0.381 bits per heavy atom. The van der Waals surface area contributed by atoms with Crippen LogP contribution in [0.15, 0.2) is 211 Å². The fourth-order valence-electron chi connectivity index (χ4n) is 9.54. The lowest BCUT2D eigenvalue weighted by Crippen LogP contribution is -2.16. The Bertz CT molecular complexity index is 3560. The SMILES string of the molecule is CC1(C)c2ccccc2-c2ccc(N(c3ccc4ccccc4c3)c3ccc4c(c3)oc3cccc(-c5nc(-c6ccccc6)nc(-c6cccc(-c7ccccc7)c6)n5)c34)cc21. The summed E-state index contributed by atoms with van der Waals surface area (Å²) in [6.45, 7) is 4.67. The van der Waals surface area contributed by atoms with Crippen LogP contribution in [0.25, 0.3) is 89.1 Å². The number of furan rings is 1. The van der Waals surface area contributed by atoms with Crippen molar-refractivity contribution in [3.05, 3.63) is 217 Å². The molecule has 0 aliphatic heterocycles. The van der Waals surface area contributed by atoms with Crippen molar-refractivity contribution in [1.82, 2.24) is 15.0 Å². The number of nitrogens with zero attached hydrogens (tertiary/aromatic N) is 4. The number of aromatic nitrogens is 3. The molecule has 0 saturated heterocycles. The van der Waals surface area contributed by atoms with Gasteiger partial charge in [-0.2, -0.15) is 0 Å². The van der Waals surface area contributed by atoms with Crippen LogP contribution < -0.4 is 4.90 Å². The first-order chi connectivity index (χ1) is 31.0. The van der Waals surface area contributed by atoms with Crippen LogP contribution in [0, 0.1) is 0 Å². The second kappa shape index (κ2) is 14.5. The van der Waals surface area contributed by atoms with Gasteiger partial charge in [0.1, 0.15) is 11.2 Å². The van der Waals surface area contributed by atoms with Gasteiger partial charge in [-0.15, -0.1) is 0 Å². The average Bonchev–Trinajstić information content (AvgIpc) is 3.83. The number of hydrogen-bond acceptors (Lipinski definition) is 5. The topological polar surface area (TPSA) is 55.1 Å². The van der Waals surface area contributed by atoms with Crippen molar-refractivity contribution in [3.8, 4) is 56.4 Å². The van der Waals surface area contributed by atoms with Crippen molar-refractivity contribution in [2.24, 2.45) is 0 Å². The highest BCUT2D eigenvalue weighted by Crippen LogP contribution is 2.51. The number of anilines is 3. The molecule has 0 fully saturated rings. The number of rotatable bonds is 7. The van der Waals surface area contributed by atoms with Crippen LogP contribution in [0.3, 0.4) is 0 Å². The lowest BCUT2D eigenvalue weighted by Gasteiger charge is -2.28. The molecule has 2 aromatic heterocycles. The maximum Gasteiger partial charge on any atom is 0.164 e. The zero-order valence-electron chi connectivity index (χ0n) is 34.8. The molecule has 12 rings (SSSR count). The largest absolute Gasteiger partial charge is 0.456 e. The van der Waals surface area contributed by atoms with E-state index in [0.29, 0.717) is 17.5 Å². The molecule has 0 radical (unpaired) electrons. The Hall–Kier alpha value is -8.15. The number of benzene rings is 9. The first kappa shape index (κ1) is 36.7. The molecule has 0 amide bonds. The first-order valence-electron chi connectivity index (χ1n) is 21.4. The van der Waals surface area contributed by atoms with Crippen LogP contribution in [0.5, 0.6) is 0 Å². The van der Waals surface area contributed by atoms with Crippen molar-refractivity contribution < 1.29 is 4.42 Å². The quantitative estimate of drug-likeness (QED) is 0.160. The van der Waals surface area contributed by atoms with Crippen LogP contribution in [0.4, 0.5) is 17.1 Å². The minimum atomic E-state index is -0.143. The minimum absolute atomic E-state index is 0.143. The van der Waals surface area contributed by atoms with Gasteiger partial charge in [0.2, 0.25) is 0 Å². The molecule has 5 heteroatoms. The maximum atomic E-state index is 6.79. The van der Waals surface area contributed by atoms with E-state index in [1.165, 1.54) is 33.0 Å². The van der Waals surface area contributed by atoms with E-state index in [1.54, 1.807) is 0 Å². The van der Waals surface area contributed by atoms with Gasteiger partial charge in [-0.1, -0.05) is 166 Å². The fraction of sp³-hybridized carbons (Fsp3) is 0.0517. The van der Waals surface area contributed by atoms with Crippen LogP contribution >= 0.6 is 0 Å². The van der Waals surface area contributed by atoms with Crippen molar-refractivity contribution in [1.29, 1.82) is 0 Å². The van der Waals surface area contributed by atoms with Crippen LogP contribution in [0.2, 0.25) is 0 Å². The van der Waals surface area contributed by atoms with E-state index in [1.807, 2.05) is 48.5 Å². The van der Waals surface area contributed by atoms with Gasteiger partial charge in [-0.05, 0) is 92.7 Å². The molecule has 0 N–H and O–H groups in total. The molecule has 2 heterocycles. The van der Waals surface area contributed by atoms with E-state index >= 15 is 0 Å². The third-order valence-electron chi connectivity index (χ3n) is 12.7. The van der Waals surface area contributed by atoms with Gasteiger partial charge < -0.3 is 9.32 Å². The summed E-state index contributed by atoms with van der Waals surface area (Å²) in [5.41, 5.74) is 14.8. The summed E-state index contributed by atoms with van der Waals surface area (Å²) in [5.74, 6) is 1.80. The predicted octanol–water partition coefficient (Wildman–Crippen LogP) is 15.4. The zero-order chi connectivity index (χ0) is 42.1. The average molecular weight is 809 g/mol. The molecule has 0 bridgehead atoms. The van der Waals surface area contributed by atoms with E-state index in [9.17, 15) is 0 Å². The standard InChI is InChI=1S/C58H40N4O/c1-58(2)50-25-12-11-23-46(50)47-31-29-44(35-51(47)58)62(43-28-27-38-17-9-10-20-41(38)34-43)45-30-32-48-53(36-45)63-52-26-14-24-49(54(48)52)57-60-55(39-18-7-4-8-19-39)59-56(61-57)42-22-13-21-40(33-42)37-15-5-3-6-16-37/h3-36H,1-2H3. The highest BCUT2D eigenvalue weighted by molar-refractivity contribution is 6.12.